The van der Waals surface area contributed by atoms with Crippen LogP contribution in [0.1, 0.15) is 19.5 Å². The van der Waals surface area contributed by atoms with Crippen LogP contribution in [0.3, 0.4) is 0 Å². The van der Waals surface area contributed by atoms with Crippen molar-refractivity contribution in [1.29, 1.82) is 0 Å². The van der Waals surface area contributed by atoms with Gasteiger partial charge >= 0.3 is 0 Å². The molecule has 0 saturated carbocycles. The molecule has 18 heavy (non-hydrogen) atoms. The Kier molecular flexibility index (Phi) is 5.51. The lowest BCUT2D eigenvalue weighted by Gasteiger charge is -2.19. The summed E-state index contributed by atoms with van der Waals surface area (Å²) in [6, 6.07) is 3.57. The van der Waals surface area contributed by atoms with Gasteiger partial charge in [-0.1, -0.05) is 12.2 Å². The van der Waals surface area contributed by atoms with Gasteiger partial charge in [0.15, 0.2) is 0 Å². The predicted octanol–water partition coefficient (Wildman–Crippen LogP) is 0.996. The molecule has 0 aliphatic rings. The normalized spacial score (nSPS) is 9.89. The van der Waals surface area contributed by atoms with Crippen LogP contribution < -0.4 is 11.1 Å². The van der Waals surface area contributed by atoms with Gasteiger partial charge in [-0.2, -0.15) is 0 Å². The number of thiocarbonyl (C=S) groups is 1. The summed E-state index contributed by atoms with van der Waals surface area (Å²) in [4.78, 5) is 17.9. The minimum atomic E-state index is 0.0396. The summed E-state index contributed by atoms with van der Waals surface area (Å²) in [5.74, 6) is 0.0396. The molecule has 1 aromatic heterocycles. The van der Waals surface area contributed by atoms with Crippen LogP contribution >= 0.6 is 12.2 Å². The maximum absolute atomic E-state index is 11.8. The molecule has 0 fully saturated rings. The third kappa shape index (κ3) is 3.66. The van der Waals surface area contributed by atoms with Crippen molar-refractivity contribution in [2.24, 2.45) is 5.73 Å². The number of hydrogen-bond acceptors (Lipinski definition) is 4. The average molecular weight is 266 g/mol. The molecule has 98 valence electrons. The van der Waals surface area contributed by atoms with Crippen LogP contribution in [0, 0.1) is 0 Å². The maximum atomic E-state index is 11.8. The van der Waals surface area contributed by atoms with E-state index in [1.807, 2.05) is 13.8 Å². The molecule has 6 heteroatoms. The fourth-order valence-corrected chi connectivity index (χ4v) is 1.77. The fourth-order valence-electron chi connectivity index (χ4n) is 1.60. The molecular weight excluding hydrogens is 248 g/mol. The van der Waals surface area contributed by atoms with Crippen molar-refractivity contribution in [3.63, 3.8) is 0 Å². The summed E-state index contributed by atoms with van der Waals surface area (Å²) in [5.41, 5.74) is 6.77. The van der Waals surface area contributed by atoms with Crippen molar-refractivity contribution in [2.45, 2.75) is 13.8 Å². The van der Waals surface area contributed by atoms with Gasteiger partial charge in [0.2, 0.25) is 5.91 Å². The smallest absolute Gasteiger partial charge is 0.241 e. The highest BCUT2D eigenvalue weighted by atomic mass is 32.1. The van der Waals surface area contributed by atoms with Crippen molar-refractivity contribution in [1.82, 2.24) is 9.88 Å². The molecule has 0 atom stereocenters. The Bertz CT molecular complexity index is 432. The second kappa shape index (κ2) is 6.90. The highest BCUT2D eigenvalue weighted by molar-refractivity contribution is 7.80. The molecule has 1 aromatic rings. The number of aromatic nitrogens is 1. The van der Waals surface area contributed by atoms with Crippen LogP contribution in [0.4, 0.5) is 5.69 Å². The predicted molar refractivity (Wildman–Crippen MR) is 76.5 cm³/mol. The molecule has 0 aliphatic carbocycles. The Morgan fingerprint density at radius 3 is 2.72 bits per heavy atom. The maximum Gasteiger partial charge on any atom is 0.241 e. The molecule has 1 rings (SSSR count). The number of likely N-dealkylation sites (N-methyl/N-ethyl adjacent to an activating group) is 1. The molecule has 0 aliphatic heterocycles. The first kappa shape index (κ1) is 14.4. The summed E-state index contributed by atoms with van der Waals surface area (Å²) in [7, 11) is 0. The number of nitrogens with zero attached hydrogens (tertiary/aromatic N) is 2. The van der Waals surface area contributed by atoms with Crippen LogP contribution in [-0.2, 0) is 4.79 Å². The Morgan fingerprint density at radius 1 is 1.50 bits per heavy atom. The quantitative estimate of drug-likeness (QED) is 0.752. The van der Waals surface area contributed by atoms with E-state index < -0.39 is 0 Å². The lowest BCUT2D eigenvalue weighted by Crippen LogP contribution is -2.35. The van der Waals surface area contributed by atoms with E-state index in [-0.39, 0.29) is 17.4 Å². The Hall–Kier alpha value is -1.69. The Morgan fingerprint density at radius 2 is 2.17 bits per heavy atom. The third-order valence-corrected chi connectivity index (χ3v) is 2.78. The number of nitrogens with one attached hydrogen (secondary N) is 1. The van der Waals surface area contributed by atoms with Gasteiger partial charge in [0.1, 0.15) is 10.7 Å². The van der Waals surface area contributed by atoms with Gasteiger partial charge in [-0.25, -0.2) is 0 Å². The van der Waals surface area contributed by atoms with E-state index in [1.165, 1.54) is 0 Å². The molecule has 0 bridgehead atoms. The number of nitrogens with two attached hydrogens (primary N) is 1. The first-order chi connectivity index (χ1) is 8.60. The standard InChI is InChI=1S/C12H18N4OS/c1-3-16(4-2)10(17)8-15-9-6-5-7-14-11(9)12(13)18/h5-7,15H,3-4,8H2,1-2H3,(H2,13,18). The van der Waals surface area contributed by atoms with Gasteiger partial charge in [-0.15, -0.1) is 0 Å². The summed E-state index contributed by atoms with van der Waals surface area (Å²) in [6.07, 6.45) is 1.62. The Balaban J connectivity index is 2.69. The number of rotatable bonds is 6. The van der Waals surface area contributed by atoms with Gasteiger partial charge in [0, 0.05) is 19.3 Å². The van der Waals surface area contributed by atoms with Crippen molar-refractivity contribution in [3.8, 4) is 0 Å². The summed E-state index contributed by atoms with van der Waals surface area (Å²) in [5, 5.41) is 3.02. The van der Waals surface area contributed by atoms with E-state index in [2.05, 4.69) is 10.3 Å². The summed E-state index contributed by atoms with van der Waals surface area (Å²) in [6.45, 7) is 5.51. The Labute approximate surface area is 112 Å². The number of anilines is 1. The topological polar surface area (TPSA) is 71.2 Å². The molecule has 3 N–H and O–H groups in total. The highest BCUT2D eigenvalue weighted by Crippen LogP contribution is 2.11. The van der Waals surface area contributed by atoms with Crippen molar-refractivity contribution >= 4 is 28.8 Å². The zero-order valence-corrected chi connectivity index (χ0v) is 11.5. The van der Waals surface area contributed by atoms with Gasteiger partial charge in [-0.3, -0.25) is 9.78 Å². The van der Waals surface area contributed by atoms with Gasteiger partial charge < -0.3 is 16.0 Å². The second-order valence-corrected chi connectivity index (χ2v) is 4.12. The van der Waals surface area contributed by atoms with Crippen molar-refractivity contribution < 1.29 is 4.79 Å². The molecule has 5 nitrogen and oxygen atoms in total. The van der Waals surface area contributed by atoms with E-state index in [4.69, 9.17) is 18.0 Å². The lowest BCUT2D eigenvalue weighted by atomic mass is 10.3. The molecule has 0 spiro atoms. The molecule has 0 unspecified atom stereocenters. The summed E-state index contributed by atoms with van der Waals surface area (Å²) >= 11 is 4.91. The van der Waals surface area contributed by atoms with Crippen LogP contribution in [0.2, 0.25) is 0 Å². The number of hydrogen-bond donors (Lipinski definition) is 2. The highest BCUT2D eigenvalue weighted by Gasteiger charge is 2.11. The molecule has 0 aromatic carbocycles. The molecular formula is C12H18N4OS. The third-order valence-electron chi connectivity index (χ3n) is 2.59. The number of pyridine rings is 1. The minimum Gasteiger partial charge on any atom is -0.388 e. The van der Waals surface area contributed by atoms with Crippen LogP contribution in [0.5, 0.6) is 0 Å². The van der Waals surface area contributed by atoms with Crippen LogP contribution in [-0.4, -0.2) is 40.4 Å². The van der Waals surface area contributed by atoms with E-state index >= 15 is 0 Å². The SMILES string of the molecule is CCN(CC)C(=O)CNc1cccnc1C(N)=S. The van der Waals surface area contributed by atoms with Crippen LogP contribution in [0.25, 0.3) is 0 Å². The number of amides is 1. The number of carbonyl (C=O) groups is 1. The minimum absolute atomic E-state index is 0.0396. The molecule has 1 heterocycles. The van der Waals surface area contributed by atoms with E-state index in [1.54, 1.807) is 23.2 Å². The van der Waals surface area contributed by atoms with Gasteiger partial charge in [0.05, 0.1) is 12.2 Å². The zero-order chi connectivity index (χ0) is 13.5. The zero-order valence-electron chi connectivity index (χ0n) is 10.6. The van der Waals surface area contributed by atoms with Crippen LogP contribution in [0.15, 0.2) is 18.3 Å². The molecule has 0 saturated heterocycles. The van der Waals surface area contributed by atoms with E-state index in [0.29, 0.717) is 24.5 Å². The summed E-state index contributed by atoms with van der Waals surface area (Å²) < 4.78 is 0. The largest absolute Gasteiger partial charge is 0.388 e. The lowest BCUT2D eigenvalue weighted by molar-refractivity contribution is -0.128. The van der Waals surface area contributed by atoms with Gasteiger partial charge in [-0.05, 0) is 26.0 Å². The van der Waals surface area contributed by atoms with Gasteiger partial charge in [0.25, 0.3) is 0 Å². The number of carbonyl (C=O) groups excluding carboxylic acids is 1. The first-order valence-corrected chi connectivity index (χ1v) is 6.27. The molecule has 1 amide bonds. The van der Waals surface area contributed by atoms with Crippen molar-refractivity contribution in [3.05, 3.63) is 24.0 Å². The fraction of sp³-hybridized carbons (Fsp3) is 0.417. The first-order valence-electron chi connectivity index (χ1n) is 5.86. The second-order valence-electron chi connectivity index (χ2n) is 3.68. The monoisotopic (exact) mass is 266 g/mol. The van der Waals surface area contributed by atoms with E-state index in [0.717, 1.165) is 0 Å². The molecule has 0 radical (unpaired) electrons. The van der Waals surface area contributed by atoms with Crippen molar-refractivity contribution in [2.75, 3.05) is 25.0 Å². The van der Waals surface area contributed by atoms with E-state index in [9.17, 15) is 4.79 Å². The average Bonchev–Trinajstić information content (AvgIpc) is 2.38.